The van der Waals surface area contributed by atoms with Gasteiger partial charge in [-0.15, -0.1) is 0 Å². The number of aryl methyl sites for hydroxylation is 1. The molecule has 1 rings (SSSR count). The Balaban J connectivity index is 2.37. The van der Waals surface area contributed by atoms with Crippen LogP contribution in [0.3, 0.4) is 0 Å². The molecular weight excluding hydrogens is 178 g/mol. The number of imidazole rings is 1. The SMILES string of the molecule is CCn1ccnc1CNC(C)CCO. The van der Waals surface area contributed by atoms with Crippen LogP contribution in [0.5, 0.6) is 0 Å². The second-order valence-corrected chi connectivity index (χ2v) is 3.42. The first-order valence-corrected chi connectivity index (χ1v) is 5.12. The van der Waals surface area contributed by atoms with Crippen molar-refractivity contribution in [2.75, 3.05) is 6.61 Å². The maximum atomic E-state index is 8.73. The van der Waals surface area contributed by atoms with E-state index in [2.05, 4.69) is 28.7 Å². The average molecular weight is 197 g/mol. The first-order chi connectivity index (χ1) is 6.77. The van der Waals surface area contributed by atoms with Crippen LogP contribution in [0.1, 0.15) is 26.1 Å². The fourth-order valence-electron chi connectivity index (χ4n) is 1.36. The summed E-state index contributed by atoms with van der Waals surface area (Å²) in [5, 5.41) is 12.1. The molecule has 0 aliphatic carbocycles. The van der Waals surface area contributed by atoms with E-state index in [4.69, 9.17) is 5.11 Å². The van der Waals surface area contributed by atoms with Crippen molar-refractivity contribution >= 4 is 0 Å². The maximum Gasteiger partial charge on any atom is 0.122 e. The van der Waals surface area contributed by atoms with Gasteiger partial charge in [0.05, 0.1) is 6.54 Å². The lowest BCUT2D eigenvalue weighted by Crippen LogP contribution is -2.27. The van der Waals surface area contributed by atoms with Gasteiger partial charge in [0.2, 0.25) is 0 Å². The molecule has 0 aliphatic heterocycles. The van der Waals surface area contributed by atoms with E-state index in [0.29, 0.717) is 6.04 Å². The summed E-state index contributed by atoms with van der Waals surface area (Å²) in [5.41, 5.74) is 0. The van der Waals surface area contributed by atoms with E-state index >= 15 is 0 Å². The zero-order chi connectivity index (χ0) is 10.4. The van der Waals surface area contributed by atoms with E-state index in [-0.39, 0.29) is 6.61 Å². The Morgan fingerprint density at radius 1 is 1.64 bits per heavy atom. The van der Waals surface area contributed by atoms with Crippen LogP contribution in [-0.2, 0) is 13.1 Å². The summed E-state index contributed by atoms with van der Waals surface area (Å²) in [4.78, 5) is 4.26. The van der Waals surface area contributed by atoms with Crippen LogP contribution in [-0.4, -0.2) is 27.3 Å². The van der Waals surface area contributed by atoms with Gasteiger partial charge in [-0.1, -0.05) is 0 Å². The first kappa shape index (κ1) is 11.2. The number of aliphatic hydroxyl groups excluding tert-OH is 1. The molecule has 0 bridgehead atoms. The predicted molar refractivity (Wildman–Crippen MR) is 55.9 cm³/mol. The molecule has 0 saturated heterocycles. The third kappa shape index (κ3) is 3.12. The highest BCUT2D eigenvalue weighted by Crippen LogP contribution is 1.98. The molecule has 0 aromatic carbocycles. The minimum Gasteiger partial charge on any atom is -0.396 e. The molecule has 14 heavy (non-hydrogen) atoms. The largest absolute Gasteiger partial charge is 0.396 e. The van der Waals surface area contributed by atoms with Crippen LogP contribution in [0.15, 0.2) is 12.4 Å². The summed E-state index contributed by atoms with van der Waals surface area (Å²) < 4.78 is 2.11. The van der Waals surface area contributed by atoms with E-state index < -0.39 is 0 Å². The summed E-state index contributed by atoms with van der Waals surface area (Å²) in [6, 6.07) is 0.335. The summed E-state index contributed by atoms with van der Waals surface area (Å²) >= 11 is 0. The monoisotopic (exact) mass is 197 g/mol. The van der Waals surface area contributed by atoms with Gasteiger partial charge in [-0.25, -0.2) is 4.98 Å². The first-order valence-electron chi connectivity index (χ1n) is 5.12. The third-order valence-corrected chi connectivity index (χ3v) is 2.31. The summed E-state index contributed by atoms with van der Waals surface area (Å²) in [6.07, 6.45) is 4.58. The van der Waals surface area contributed by atoms with E-state index in [1.54, 1.807) is 0 Å². The van der Waals surface area contributed by atoms with Crippen LogP contribution in [0.4, 0.5) is 0 Å². The van der Waals surface area contributed by atoms with Crippen LogP contribution in [0, 0.1) is 0 Å². The standard InChI is InChI=1S/C10H19N3O/c1-3-13-6-5-11-10(13)8-12-9(2)4-7-14/h5-6,9,12,14H,3-4,7-8H2,1-2H3. The van der Waals surface area contributed by atoms with Gasteiger partial charge in [0, 0.05) is 31.6 Å². The van der Waals surface area contributed by atoms with Crippen molar-refractivity contribution in [3.8, 4) is 0 Å². The molecule has 4 nitrogen and oxygen atoms in total. The smallest absolute Gasteiger partial charge is 0.122 e. The zero-order valence-electron chi connectivity index (χ0n) is 8.90. The maximum absolute atomic E-state index is 8.73. The molecule has 1 aromatic heterocycles. The summed E-state index contributed by atoms with van der Waals surface area (Å²) in [5.74, 6) is 1.05. The fraction of sp³-hybridized carbons (Fsp3) is 0.700. The number of aliphatic hydroxyl groups is 1. The van der Waals surface area contributed by atoms with E-state index in [9.17, 15) is 0 Å². The van der Waals surface area contributed by atoms with Crippen molar-refractivity contribution in [3.05, 3.63) is 18.2 Å². The number of aromatic nitrogens is 2. The molecule has 0 fully saturated rings. The Kier molecular flexibility index (Phi) is 4.62. The van der Waals surface area contributed by atoms with Crippen molar-refractivity contribution in [2.24, 2.45) is 0 Å². The predicted octanol–water partition coefficient (Wildman–Crippen LogP) is 0.763. The van der Waals surface area contributed by atoms with Gasteiger partial charge in [0.1, 0.15) is 5.82 Å². The topological polar surface area (TPSA) is 50.1 Å². The fourth-order valence-corrected chi connectivity index (χ4v) is 1.36. The number of hydrogen-bond donors (Lipinski definition) is 2. The number of rotatable bonds is 6. The normalized spacial score (nSPS) is 13.1. The molecule has 1 heterocycles. The molecule has 4 heteroatoms. The molecule has 0 saturated carbocycles. The lowest BCUT2D eigenvalue weighted by molar-refractivity contribution is 0.268. The molecule has 0 radical (unpaired) electrons. The highest BCUT2D eigenvalue weighted by Gasteiger charge is 2.03. The van der Waals surface area contributed by atoms with Gasteiger partial charge < -0.3 is 15.0 Å². The molecule has 80 valence electrons. The molecule has 1 unspecified atom stereocenters. The lowest BCUT2D eigenvalue weighted by atomic mass is 10.2. The summed E-state index contributed by atoms with van der Waals surface area (Å²) in [6.45, 7) is 6.11. The van der Waals surface area contributed by atoms with Gasteiger partial charge in [-0.3, -0.25) is 0 Å². The van der Waals surface area contributed by atoms with Gasteiger partial charge >= 0.3 is 0 Å². The van der Waals surface area contributed by atoms with Gasteiger partial charge in [-0.2, -0.15) is 0 Å². The Morgan fingerprint density at radius 3 is 3.07 bits per heavy atom. The van der Waals surface area contributed by atoms with Crippen LogP contribution in [0.25, 0.3) is 0 Å². The Morgan fingerprint density at radius 2 is 2.43 bits per heavy atom. The number of nitrogens with one attached hydrogen (secondary N) is 1. The Hall–Kier alpha value is -0.870. The molecule has 0 aliphatic rings. The molecular formula is C10H19N3O. The van der Waals surface area contributed by atoms with Crippen LogP contribution >= 0.6 is 0 Å². The molecule has 1 atom stereocenters. The van der Waals surface area contributed by atoms with E-state index in [1.807, 2.05) is 12.4 Å². The summed E-state index contributed by atoms with van der Waals surface area (Å²) in [7, 11) is 0. The second-order valence-electron chi connectivity index (χ2n) is 3.42. The minimum absolute atomic E-state index is 0.233. The number of hydrogen-bond acceptors (Lipinski definition) is 3. The van der Waals surface area contributed by atoms with Gasteiger partial charge in [0.25, 0.3) is 0 Å². The van der Waals surface area contributed by atoms with Crippen molar-refractivity contribution in [2.45, 2.75) is 39.4 Å². The molecule has 0 spiro atoms. The zero-order valence-corrected chi connectivity index (χ0v) is 8.90. The van der Waals surface area contributed by atoms with E-state index in [0.717, 1.165) is 25.3 Å². The van der Waals surface area contributed by atoms with Crippen LogP contribution in [0.2, 0.25) is 0 Å². The van der Waals surface area contributed by atoms with Crippen molar-refractivity contribution in [3.63, 3.8) is 0 Å². The third-order valence-electron chi connectivity index (χ3n) is 2.31. The van der Waals surface area contributed by atoms with Crippen molar-refractivity contribution in [1.29, 1.82) is 0 Å². The van der Waals surface area contributed by atoms with Crippen LogP contribution < -0.4 is 5.32 Å². The highest BCUT2D eigenvalue weighted by atomic mass is 16.3. The van der Waals surface area contributed by atoms with Crippen molar-refractivity contribution < 1.29 is 5.11 Å². The minimum atomic E-state index is 0.233. The van der Waals surface area contributed by atoms with Gasteiger partial charge in [-0.05, 0) is 20.3 Å². The Bertz CT molecular complexity index is 260. The van der Waals surface area contributed by atoms with Gasteiger partial charge in [0.15, 0.2) is 0 Å². The molecule has 1 aromatic rings. The second kappa shape index (κ2) is 5.78. The quantitative estimate of drug-likeness (QED) is 0.708. The Labute approximate surface area is 85.0 Å². The number of nitrogens with zero attached hydrogens (tertiary/aromatic N) is 2. The average Bonchev–Trinajstić information content (AvgIpc) is 2.62. The highest BCUT2D eigenvalue weighted by molar-refractivity contribution is 4.91. The molecule has 0 amide bonds. The lowest BCUT2D eigenvalue weighted by Gasteiger charge is -2.12. The van der Waals surface area contributed by atoms with Crippen molar-refractivity contribution in [1.82, 2.24) is 14.9 Å². The van der Waals surface area contributed by atoms with E-state index in [1.165, 1.54) is 0 Å². The molecule has 2 N–H and O–H groups in total.